The number of benzene rings is 2. The minimum absolute atomic E-state index is 0.290. The minimum atomic E-state index is -0.861. The van der Waals surface area contributed by atoms with Gasteiger partial charge in [0.2, 0.25) is 5.91 Å². The largest absolute Gasteiger partial charge is 0.355 e. The van der Waals surface area contributed by atoms with Crippen molar-refractivity contribution in [2.45, 2.75) is 19.4 Å². The highest BCUT2D eigenvalue weighted by Crippen LogP contribution is 2.26. The van der Waals surface area contributed by atoms with E-state index in [0.717, 1.165) is 10.5 Å². The number of hydrogen-bond donors (Lipinski definition) is 1. The fourth-order valence-electron chi connectivity index (χ4n) is 2.92. The molecule has 0 spiro atoms. The summed E-state index contributed by atoms with van der Waals surface area (Å²) in [4.78, 5) is 39.0. The van der Waals surface area contributed by atoms with Gasteiger partial charge in [0.1, 0.15) is 6.04 Å². The number of imide groups is 1. The SMILES string of the molecule is CCNC(=O)[C@H](Cc1ccccc1)N1C(=O)c2ccccc2C1=O. The molecule has 1 atom stereocenters. The number of carbonyl (C=O) groups is 3. The van der Waals surface area contributed by atoms with Gasteiger partial charge in [-0.3, -0.25) is 19.3 Å². The number of hydrogen-bond acceptors (Lipinski definition) is 3. The van der Waals surface area contributed by atoms with Crippen molar-refractivity contribution in [1.29, 1.82) is 0 Å². The summed E-state index contributed by atoms with van der Waals surface area (Å²) in [7, 11) is 0. The maximum Gasteiger partial charge on any atom is 0.262 e. The van der Waals surface area contributed by atoms with Crippen LogP contribution in [0.5, 0.6) is 0 Å². The van der Waals surface area contributed by atoms with Gasteiger partial charge in [0.25, 0.3) is 11.8 Å². The maximum absolute atomic E-state index is 12.7. The Bertz CT molecular complexity index is 751. The summed E-state index contributed by atoms with van der Waals surface area (Å²) in [6.07, 6.45) is 0.290. The number of likely N-dealkylation sites (N-methyl/N-ethyl adjacent to an activating group) is 1. The van der Waals surface area contributed by atoms with Crippen LogP contribution in [0.3, 0.4) is 0 Å². The molecule has 3 rings (SSSR count). The topological polar surface area (TPSA) is 66.5 Å². The van der Waals surface area contributed by atoms with Crippen LogP contribution >= 0.6 is 0 Å². The summed E-state index contributed by atoms with van der Waals surface area (Å²) < 4.78 is 0. The number of amides is 3. The Labute approximate surface area is 140 Å². The Balaban J connectivity index is 1.96. The molecule has 0 fully saturated rings. The second-order valence-electron chi connectivity index (χ2n) is 5.63. The number of fused-ring (bicyclic) bond motifs is 1. The molecule has 2 aromatic carbocycles. The molecule has 5 heteroatoms. The van der Waals surface area contributed by atoms with E-state index in [1.165, 1.54) is 0 Å². The first-order chi connectivity index (χ1) is 11.6. The number of carbonyl (C=O) groups excluding carboxylic acids is 3. The van der Waals surface area contributed by atoms with E-state index in [1.54, 1.807) is 31.2 Å². The molecule has 3 amide bonds. The zero-order chi connectivity index (χ0) is 17.1. The fraction of sp³-hybridized carbons (Fsp3) is 0.211. The van der Waals surface area contributed by atoms with E-state index >= 15 is 0 Å². The van der Waals surface area contributed by atoms with Crippen molar-refractivity contribution in [3.05, 3.63) is 71.3 Å². The van der Waals surface area contributed by atoms with Gasteiger partial charge in [0.05, 0.1) is 11.1 Å². The number of rotatable bonds is 5. The van der Waals surface area contributed by atoms with Crippen LogP contribution in [0.15, 0.2) is 54.6 Å². The van der Waals surface area contributed by atoms with Crippen LogP contribution < -0.4 is 5.32 Å². The van der Waals surface area contributed by atoms with Crippen LogP contribution in [0.4, 0.5) is 0 Å². The fourth-order valence-corrected chi connectivity index (χ4v) is 2.92. The quantitative estimate of drug-likeness (QED) is 0.857. The summed E-state index contributed by atoms with van der Waals surface area (Å²) in [6, 6.07) is 15.2. The van der Waals surface area contributed by atoms with Crippen molar-refractivity contribution in [3.8, 4) is 0 Å². The van der Waals surface area contributed by atoms with Gasteiger partial charge in [0, 0.05) is 13.0 Å². The van der Waals surface area contributed by atoms with Gasteiger partial charge in [-0.2, -0.15) is 0 Å². The highest BCUT2D eigenvalue weighted by Gasteiger charge is 2.42. The Hall–Kier alpha value is -2.95. The second kappa shape index (κ2) is 6.66. The van der Waals surface area contributed by atoms with Gasteiger partial charge in [-0.05, 0) is 24.6 Å². The normalized spacial score (nSPS) is 14.5. The summed E-state index contributed by atoms with van der Waals surface area (Å²) in [6.45, 7) is 2.24. The van der Waals surface area contributed by atoms with Crippen LogP contribution in [0, 0.1) is 0 Å². The Morgan fingerprint density at radius 3 is 2.04 bits per heavy atom. The molecule has 0 bridgehead atoms. The minimum Gasteiger partial charge on any atom is -0.355 e. The third-order valence-electron chi connectivity index (χ3n) is 4.06. The molecule has 1 aliphatic heterocycles. The van der Waals surface area contributed by atoms with E-state index < -0.39 is 17.9 Å². The number of nitrogens with zero attached hydrogens (tertiary/aromatic N) is 1. The first-order valence-corrected chi connectivity index (χ1v) is 7.92. The van der Waals surface area contributed by atoms with Crippen molar-refractivity contribution in [2.24, 2.45) is 0 Å². The lowest BCUT2D eigenvalue weighted by atomic mass is 10.0. The van der Waals surface area contributed by atoms with Crippen molar-refractivity contribution < 1.29 is 14.4 Å². The lowest BCUT2D eigenvalue weighted by Crippen LogP contribution is -2.50. The molecular formula is C19H18N2O3. The molecule has 24 heavy (non-hydrogen) atoms. The summed E-state index contributed by atoms with van der Waals surface area (Å²) in [5, 5.41) is 2.73. The zero-order valence-corrected chi connectivity index (χ0v) is 13.4. The second-order valence-corrected chi connectivity index (χ2v) is 5.63. The maximum atomic E-state index is 12.7. The zero-order valence-electron chi connectivity index (χ0n) is 13.4. The standard InChI is InChI=1S/C19H18N2O3/c1-2-20-17(22)16(12-13-8-4-3-5-9-13)21-18(23)14-10-6-7-11-15(14)19(21)24/h3-11,16H,2,12H2,1H3,(H,20,22)/t16-/m0/s1. The lowest BCUT2D eigenvalue weighted by molar-refractivity contribution is -0.124. The molecule has 0 saturated carbocycles. The molecular weight excluding hydrogens is 304 g/mol. The third-order valence-corrected chi connectivity index (χ3v) is 4.06. The van der Waals surface area contributed by atoms with Crippen molar-refractivity contribution >= 4 is 17.7 Å². The monoisotopic (exact) mass is 322 g/mol. The van der Waals surface area contributed by atoms with Crippen molar-refractivity contribution in [1.82, 2.24) is 10.2 Å². The predicted molar refractivity (Wildman–Crippen MR) is 89.6 cm³/mol. The Kier molecular flexibility index (Phi) is 4.42. The van der Waals surface area contributed by atoms with Gasteiger partial charge >= 0.3 is 0 Å². The first kappa shape index (κ1) is 15.9. The Morgan fingerprint density at radius 2 is 1.50 bits per heavy atom. The lowest BCUT2D eigenvalue weighted by Gasteiger charge is -2.25. The molecule has 2 aromatic rings. The highest BCUT2D eigenvalue weighted by molar-refractivity contribution is 6.22. The third kappa shape index (κ3) is 2.80. The van der Waals surface area contributed by atoms with Gasteiger partial charge in [-0.15, -0.1) is 0 Å². The molecule has 1 aliphatic rings. The Morgan fingerprint density at radius 1 is 0.958 bits per heavy atom. The van der Waals surface area contributed by atoms with E-state index in [9.17, 15) is 14.4 Å². The molecule has 0 unspecified atom stereocenters. The van der Waals surface area contributed by atoms with Gasteiger partial charge in [-0.25, -0.2) is 0 Å². The van der Waals surface area contributed by atoms with Crippen LogP contribution in [0.25, 0.3) is 0 Å². The molecule has 122 valence electrons. The van der Waals surface area contributed by atoms with Crippen molar-refractivity contribution in [2.75, 3.05) is 6.54 Å². The van der Waals surface area contributed by atoms with E-state index in [0.29, 0.717) is 17.7 Å². The summed E-state index contributed by atoms with van der Waals surface area (Å²) >= 11 is 0. The predicted octanol–water partition coefficient (Wildman–Crippen LogP) is 2.03. The number of nitrogens with one attached hydrogen (secondary N) is 1. The average molecular weight is 322 g/mol. The first-order valence-electron chi connectivity index (χ1n) is 7.92. The van der Waals surface area contributed by atoms with Gasteiger partial charge in [0.15, 0.2) is 0 Å². The molecule has 0 aliphatic carbocycles. The highest BCUT2D eigenvalue weighted by atomic mass is 16.2. The van der Waals surface area contributed by atoms with Gasteiger partial charge in [-0.1, -0.05) is 42.5 Å². The molecule has 0 aromatic heterocycles. The molecule has 0 radical (unpaired) electrons. The van der Waals surface area contributed by atoms with E-state index in [4.69, 9.17) is 0 Å². The van der Waals surface area contributed by atoms with Crippen LogP contribution in [0.1, 0.15) is 33.2 Å². The molecule has 1 heterocycles. The van der Waals surface area contributed by atoms with E-state index in [1.807, 2.05) is 30.3 Å². The average Bonchev–Trinajstić information content (AvgIpc) is 2.86. The molecule has 0 saturated heterocycles. The summed E-state index contributed by atoms with van der Waals surface area (Å²) in [5.74, 6) is -1.15. The van der Waals surface area contributed by atoms with E-state index in [-0.39, 0.29) is 12.3 Å². The molecule has 1 N–H and O–H groups in total. The van der Waals surface area contributed by atoms with Crippen LogP contribution in [0.2, 0.25) is 0 Å². The summed E-state index contributed by atoms with van der Waals surface area (Å²) in [5.41, 5.74) is 1.60. The van der Waals surface area contributed by atoms with Crippen LogP contribution in [-0.2, 0) is 11.2 Å². The van der Waals surface area contributed by atoms with E-state index in [2.05, 4.69) is 5.32 Å². The van der Waals surface area contributed by atoms with Crippen molar-refractivity contribution in [3.63, 3.8) is 0 Å². The smallest absolute Gasteiger partial charge is 0.262 e. The van der Waals surface area contributed by atoms with Crippen LogP contribution in [-0.4, -0.2) is 35.2 Å². The molecule has 5 nitrogen and oxygen atoms in total. The van der Waals surface area contributed by atoms with Gasteiger partial charge < -0.3 is 5.32 Å².